The van der Waals surface area contributed by atoms with E-state index in [1.54, 1.807) is 14.0 Å². The Labute approximate surface area is 114 Å². The summed E-state index contributed by atoms with van der Waals surface area (Å²) in [6, 6.07) is 3.32. The quantitative estimate of drug-likeness (QED) is 0.619. The maximum Gasteiger partial charge on any atom is 0.342 e. The van der Waals surface area contributed by atoms with Crippen molar-refractivity contribution in [3.63, 3.8) is 0 Å². The number of hydrogen-bond acceptors (Lipinski definition) is 5. The van der Waals surface area contributed by atoms with Gasteiger partial charge in [0, 0.05) is 25.7 Å². The third kappa shape index (κ3) is 3.67. The standard InChI is InChI=1S/C12H14N2O6/c1-3-13(2)11(15)7-20-8-4-5-10(14(18)19)9(6-8)12(16)17/h4-6H,3,7H2,1-2H3,(H,16,17). The fraction of sp³-hybridized carbons (Fsp3) is 0.333. The minimum atomic E-state index is -1.43. The molecule has 0 heterocycles. The third-order valence-electron chi connectivity index (χ3n) is 2.66. The Morgan fingerprint density at radius 1 is 1.45 bits per heavy atom. The molecular formula is C12H14N2O6. The average Bonchev–Trinajstić information content (AvgIpc) is 2.43. The highest BCUT2D eigenvalue weighted by molar-refractivity contribution is 5.92. The number of carbonyl (C=O) groups excluding carboxylic acids is 1. The first kappa shape index (κ1) is 15.4. The minimum Gasteiger partial charge on any atom is -0.484 e. The lowest BCUT2D eigenvalue weighted by Crippen LogP contribution is -2.31. The van der Waals surface area contributed by atoms with E-state index >= 15 is 0 Å². The summed E-state index contributed by atoms with van der Waals surface area (Å²) in [6.45, 7) is 2.05. The SMILES string of the molecule is CCN(C)C(=O)COc1ccc([N+](=O)[O-])c(C(=O)O)c1. The first-order valence-corrected chi connectivity index (χ1v) is 5.75. The fourth-order valence-electron chi connectivity index (χ4n) is 1.37. The fourth-order valence-corrected chi connectivity index (χ4v) is 1.37. The van der Waals surface area contributed by atoms with Crippen LogP contribution >= 0.6 is 0 Å². The topological polar surface area (TPSA) is 110 Å². The van der Waals surface area contributed by atoms with Crippen LogP contribution in [0.1, 0.15) is 17.3 Å². The number of hydrogen-bond donors (Lipinski definition) is 1. The van der Waals surface area contributed by atoms with E-state index in [0.29, 0.717) is 6.54 Å². The summed E-state index contributed by atoms with van der Waals surface area (Å²) < 4.78 is 5.14. The number of nitro benzene ring substituents is 1. The zero-order valence-corrected chi connectivity index (χ0v) is 11.0. The molecule has 0 fully saturated rings. The van der Waals surface area contributed by atoms with E-state index in [1.807, 2.05) is 0 Å². The predicted octanol–water partition coefficient (Wildman–Crippen LogP) is 1.15. The second kappa shape index (κ2) is 6.50. The molecule has 20 heavy (non-hydrogen) atoms. The molecule has 0 atom stereocenters. The Morgan fingerprint density at radius 2 is 2.10 bits per heavy atom. The van der Waals surface area contributed by atoms with Gasteiger partial charge in [-0.1, -0.05) is 0 Å². The number of rotatable bonds is 6. The summed E-state index contributed by atoms with van der Waals surface area (Å²) in [7, 11) is 1.60. The molecule has 1 aromatic rings. The molecule has 0 aromatic heterocycles. The molecular weight excluding hydrogens is 268 g/mol. The smallest absolute Gasteiger partial charge is 0.342 e. The van der Waals surface area contributed by atoms with Crippen LogP contribution in [-0.4, -0.2) is 47.0 Å². The van der Waals surface area contributed by atoms with Crippen LogP contribution in [0.25, 0.3) is 0 Å². The van der Waals surface area contributed by atoms with Crippen molar-refractivity contribution in [2.75, 3.05) is 20.2 Å². The van der Waals surface area contributed by atoms with Gasteiger partial charge in [0.05, 0.1) is 4.92 Å². The number of carboxylic acids is 1. The molecule has 1 amide bonds. The number of nitrogens with zero attached hydrogens (tertiary/aromatic N) is 2. The first-order chi connectivity index (χ1) is 9.36. The lowest BCUT2D eigenvalue weighted by Gasteiger charge is -2.14. The van der Waals surface area contributed by atoms with E-state index < -0.39 is 22.1 Å². The molecule has 108 valence electrons. The third-order valence-corrected chi connectivity index (χ3v) is 2.66. The molecule has 0 saturated heterocycles. The van der Waals surface area contributed by atoms with Crippen LogP contribution in [0.15, 0.2) is 18.2 Å². The van der Waals surface area contributed by atoms with E-state index in [-0.39, 0.29) is 18.3 Å². The maximum absolute atomic E-state index is 11.5. The van der Waals surface area contributed by atoms with E-state index in [2.05, 4.69) is 0 Å². The summed E-state index contributed by atoms with van der Waals surface area (Å²) in [5, 5.41) is 19.6. The van der Waals surface area contributed by atoms with E-state index in [0.717, 1.165) is 12.1 Å². The molecule has 8 heteroatoms. The monoisotopic (exact) mass is 282 g/mol. The van der Waals surface area contributed by atoms with Crippen molar-refractivity contribution in [2.45, 2.75) is 6.92 Å². The summed E-state index contributed by atoms with van der Waals surface area (Å²) in [4.78, 5) is 33.8. The molecule has 0 saturated carbocycles. The molecule has 1 rings (SSSR count). The van der Waals surface area contributed by atoms with Crippen molar-refractivity contribution >= 4 is 17.6 Å². The van der Waals surface area contributed by atoms with E-state index in [1.165, 1.54) is 11.0 Å². The van der Waals surface area contributed by atoms with Gasteiger partial charge in [0.1, 0.15) is 11.3 Å². The van der Waals surface area contributed by atoms with E-state index in [9.17, 15) is 19.7 Å². The highest BCUT2D eigenvalue weighted by Crippen LogP contribution is 2.24. The Hall–Kier alpha value is -2.64. The number of carbonyl (C=O) groups is 2. The van der Waals surface area contributed by atoms with Crippen molar-refractivity contribution in [3.05, 3.63) is 33.9 Å². The summed E-state index contributed by atoms with van der Waals surface area (Å²) in [5.74, 6) is -1.62. The zero-order valence-electron chi connectivity index (χ0n) is 11.0. The van der Waals surface area contributed by atoms with Crippen molar-refractivity contribution in [1.82, 2.24) is 4.90 Å². The van der Waals surface area contributed by atoms with Crippen molar-refractivity contribution in [3.8, 4) is 5.75 Å². The summed E-state index contributed by atoms with van der Waals surface area (Å²) in [5.41, 5.74) is -1.01. The number of benzene rings is 1. The van der Waals surface area contributed by atoms with Gasteiger partial charge in [0.25, 0.3) is 11.6 Å². The Balaban J connectivity index is 2.88. The van der Waals surface area contributed by atoms with Crippen LogP contribution in [0.3, 0.4) is 0 Å². The molecule has 1 N–H and O–H groups in total. The maximum atomic E-state index is 11.5. The van der Waals surface area contributed by atoms with Gasteiger partial charge in [-0.25, -0.2) is 4.79 Å². The minimum absolute atomic E-state index is 0.0888. The normalized spacial score (nSPS) is 9.90. The highest BCUT2D eigenvalue weighted by atomic mass is 16.6. The molecule has 0 aliphatic carbocycles. The second-order valence-corrected chi connectivity index (χ2v) is 3.94. The van der Waals surface area contributed by atoms with Gasteiger partial charge in [0.15, 0.2) is 6.61 Å². The number of likely N-dealkylation sites (N-methyl/N-ethyl adjacent to an activating group) is 1. The van der Waals surface area contributed by atoms with Gasteiger partial charge < -0.3 is 14.7 Å². The van der Waals surface area contributed by atoms with Gasteiger partial charge in [-0.15, -0.1) is 0 Å². The Kier molecular flexibility index (Phi) is 5.01. The first-order valence-electron chi connectivity index (χ1n) is 5.75. The molecule has 0 spiro atoms. The van der Waals surface area contributed by atoms with Gasteiger partial charge in [-0.05, 0) is 13.0 Å². The molecule has 0 aliphatic rings. The van der Waals surface area contributed by atoms with Crippen molar-refractivity contribution < 1.29 is 24.4 Å². The number of ether oxygens (including phenoxy) is 1. The van der Waals surface area contributed by atoms with Crippen LogP contribution < -0.4 is 4.74 Å². The summed E-state index contributed by atoms with van der Waals surface area (Å²) >= 11 is 0. The average molecular weight is 282 g/mol. The lowest BCUT2D eigenvalue weighted by molar-refractivity contribution is -0.385. The van der Waals surface area contributed by atoms with Gasteiger partial charge in [0.2, 0.25) is 0 Å². The Bertz CT molecular complexity index is 543. The number of carboxylic acid groups (broad SMARTS) is 1. The second-order valence-electron chi connectivity index (χ2n) is 3.94. The predicted molar refractivity (Wildman–Crippen MR) is 68.9 cm³/mol. The van der Waals surface area contributed by atoms with Crippen molar-refractivity contribution in [2.24, 2.45) is 0 Å². The molecule has 0 bridgehead atoms. The molecule has 8 nitrogen and oxygen atoms in total. The largest absolute Gasteiger partial charge is 0.484 e. The number of nitro groups is 1. The van der Waals surface area contributed by atoms with Crippen LogP contribution in [-0.2, 0) is 4.79 Å². The summed E-state index contributed by atoms with van der Waals surface area (Å²) in [6.07, 6.45) is 0. The number of amides is 1. The molecule has 0 aliphatic heterocycles. The zero-order chi connectivity index (χ0) is 15.3. The van der Waals surface area contributed by atoms with Crippen LogP contribution in [0.5, 0.6) is 5.75 Å². The van der Waals surface area contributed by atoms with Crippen LogP contribution in [0, 0.1) is 10.1 Å². The highest BCUT2D eigenvalue weighted by Gasteiger charge is 2.20. The van der Waals surface area contributed by atoms with Crippen molar-refractivity contribution in [1.29, 1.82) is 0 Å². The lowest BCUT2D eigenvalue weighted by atomic mass is 10.1. The number of aromatic carboxylic acids is 1. The van der Waals surface area contributed by atoms with Crippen LogP contribution in [0.4, 0.5) is 5.69 Å². The van der Waals surface area contributed by atoms with E-state index in [4.69, 9.17) is 9.84 Å². The molecule has 0 unspecified atom stereocenters. The van der Waals surface area contributed by atoms with Gasteiger partial charge in [-0.3, -0.25) is 14.9 Å². The van der Waals surface area contributed by atoms with Crippen LogP contribution in [0.2, 0.25) is 0 Å². The van der Waals surface area contributed by atoms with Gasteiger partial charge >= 0.3 is 5.97 Å². The Morgan fingerprint density at radius 3 is 2.60 bits per heavy atom. The molecule has 1 aromatic carbocycles. The molecule has 0 radical (unpaired) electrons. The van der Waals surface area contributed by atoms with Gasteiger partial charge in [-0.2, -0.15) is 0 Å².